The summed E-state index contributed by atoms with van der Waals surface area (Å²) in [7, 11) is 0. The molecule has 134 valence electrons. The molecular formula is C17H16FN5O3. The van der Waals surface area contributed by atoms with Crippen LogP contribution in [0.1, 0.15) is 34.8 Å². The molecule has 1 saturated heterocycles. The fourth-order valence-electron chi connectivity index (χ4n) is 3.46. The lowest BCUT2D eigenvalue weighted by atomic mass is 10.0. The number of carboxylic acids is 1. The molecule has 26 heavy (non-hydrogen) atoms. The molecule has 4 rings (SSSR count). The zero-order valence-electron chi connectivity index (χ0n) is 13.6. The Morgan fingerprint density at radius 1 is 1.35 bits per heavy atom. The first-order valence-corrected chi connectivity index (χ1v) is 8.09. The lowest BCUT2D eigenvalue weighted by Gasteiger charge is -2.26. The van der Waals surface area contributed by atoms with Gasteiger partial charge in [0.2, 0.25) is 0 Å². The SMILES string of the molecule is Nc1nn2ccc(N3CCC[C@H]3c3cc(F)ccc3O)nc2c1C(=O)O. The Morgan fingerprint density at radius 2 is 2.15 bits per heavy atom. The van der Waals surface area contributed by atoms with Gasteiger partial charge in [-0.05, 0) is 37.1 Å². The quantitative estimate of drug-likeness (QED) is 0.658. The lowest BCUT2D eigenvalue weighted by Crippen LogP contribution is -2.24. The van der Waals surface area contributed by atoms with Crippen molar-refractivity contribution in [2.45, 2.75) is 18.9 Å². The van der Waals surface area contributed by atoms with Gasteiger partial charge in [0.1, 0.15) is 22.9 Å². The molecule has 0 spiro atoms. The second-order valence-corrected chi connectivity index (χ2v) is 6.17. The van der Waals surface area contributed by atoms with Gasteiger partial charge in [0.15, 0.2) is 11.5 Å². The standard InChI is InChI=1S/C17H16FN5O3/c18-9-3-4-12(24)10(8-9)11-2-1-6-22(11)13-5-7-23-16(20-13)14(17(25)26)15(19)21-23/h3-5,7-8,11,24H,1-2,6H2,(H2,19,21)(H,25,26)/t11-/m0/s1. The molecule has 0 unspecified atom stereocenters. The third-order valence-electron chi connectivity index (χ3n) is 4.61. The van der Waals surface area contributed by atoms with Crippen molar-refractivity contribution in [2.24, 2.45) is 0 Å². The number of fused-ring (bicyclic) bond motifs is 1. The van der Waals surface area contributed by atoms with E-state index in [1.54, 1.807) is 12.3 Å². The van der Waals surface area contributed by atoms with Gasteiger partial charge in [-0.1, -0.05) is 0 Å². The van der Waals surface area contributed by atoms with Crippen molar-refractivity contribution in [3.8, 4) is 5.75 Å². The van der Waals surface area contributed by atoms with Crippen molar-refractivity contribution in [1.82, 2.24) is 14.6 Å². The summed E-state index contributed by atoms with van der Waals surface area (Å²) in [4.78, 5) is 17.8. The summed E-state index contributed by atoms with van der Waals surface area (Å²) in [6.07, 6.45) is 3.14. The van der Waals surface area contributed by atoms with Crippen LogP contribution >= 0.6 is 0 Å². The van der Waals surface area contributed by atoms with E-state index in [-0.39, 0.29) is 28.8 Å². The Hall–Kier alpha value is -3.36. The maximum absolute atomic E-state index is 13.6. The smallest absolute Gasteiger partial charge is 0.343 e. The first-order chi connectivity index (χ1) is 12.5. The number of carbonyl (C=O) groups is 1. The summed E-state index contributed by atoms with van der Waals surface area (Å²) in [5.74, 6) is -1.20. The maximum atomic E-state index is 13.6. The summed E-state index contributed by atoms with van der Waals surface area (Å²) >= 11 is 0. The molecule has 1 aromatic carbocycles. The molecule has 9 heteroatoms. The van der Waals surface area contributed by atoms with E-state index in [1.807, 2.05) is 4.90 Å². The predicted molar refractivity (Wildman–Crippen MR) is 91.7 cm³/mol. The number of nitrogens with two attached hydrogens (primary N) is 1. The van der Waals surface area contributed by atoms with E-state index < -0.39 is 11.8 Å². The number of benzene rings is 1. The number of halogens is 1. The van der Waals surface area contributed by atoms with E-state index in [2.05, 4.69) is 10.1 Å². The van der Waals surface area contributed by atoms with Crippen LogP contribution in [0.3, 0.4) is 0 Å². The molecule has 3 aromatic rings. The molecule has 0 amide bonds. The monoisotopic (exact) mass is 357 g/mol. The molecule has 8 nitrogen and oxygen atoms in total. The first kappa shape index (κ1) is 16.1. The molecule has 0 aliphatic carbocycles. The third kappa shape index (κ3) is 2.48. The van der Waals surface area contributed by atoms with Gasteiger partial charge in [0, 0.05) is 18.3 Å². The third-order valence-corrected chi connectivity index (χ3v) is 4.61. The van der Waals surface area contributed by atoms with Gasteiger partial charge in [-0.15, -0.1) is 5.10 Å². The molecule has 1 atom stereocenters. The number of anilines is 2. The summed E-state index contributed by atoms with van der Waals surface area (Å²) < 4.78 is 15.0. The first-order valence-electron chi connectivity index (χ1n) is 8.09. The molecule has 0 radical (unpaired) electrons. The fourth-order valence-corrected chi connectivity index (χ4v) is 3.46. The molecule has 1 aliphatic heterocycles. The maximum Gasteiger partial charge on any atom is 0.343 e. The highest BCUT2D eigenvalue weighted by atomic mass is 19.1. The molecule has 2 aromatic heterocycles. The molecule has 1 aliphatic rings. The minimum absolute atomic E-state index is 0.0178. The number of hydrogen-bond donors (Lipinski definition) is 3. The molecule has 4 N–H and O–H groups in total. The summed E-state index contributed by atoms with van der Waals surface area (Å²) in [6, 6.07) is 5.29. The second kappa shape index (κ2) is 5.87. The fraction of sp³-hybridized carbons (Fsp3) is 0.235. The Labute approximate surface area is 147 Å². The summed E-state index contributed by atoms with van der Waals surface area (Å²) in [6.45, 7) is 0.649. The van der Waals surface area contributed by atoms with E-state index in [0.717, 1.165) is 12.8 Å². The number of phenolic OH excluding ortho intramolecular Hbond substituents is 1. The van der Waals surface area contributed by atoms with Crippen molar-refractivity contribution in [3.63, 3.8) is 0 Å². The van der Waals surface area contributed by atoms with Crippen LogP contribution in [0.4, 0.5) is 16.0 Å². The number of carboxylic acid groups (broad SMARTS) is 1. The predicted octanol–water partition coefficient (Wildman–Crippen LogP) is 2.20. The Kier molecular flexibility index (Phi) is 3.64. The van der Waals surface area contributed by atoms with E-state index in [1.165, 1.54) is 22.7 Å². The highest BCUT2D eigenvalue weighted by Crippen LogP contribution is 2.39. The Balaban J connectivity index is 1.80. The van der Waals surface area contributed by atoms with Crippen LogP contribution < -0.4 is 10.6 Å². The number of nitrogen functional groups attached to an aromatic ring is 1. The van der Waals surface area contributed by atoms with Crippen LogP contribution in [-0.4, -0.2) is 37.3 Å². The second-order valence-electron chi connectivity index (χ2n) is 6.17. The summed E-state index contributed by atoms with van der Waals surface area (Å²) in [5.41, 5.74) is 6.14. The lowest BCUT2D eigenvalue weighted by molar-refractivity contribution is 0.0700. The Bertz CT molecular complexity index is 1020. The van der Waals surface area contributed by atoms with Crippen molar-refractivity contribution >= 4 is 23.3 Å². The van der Waals surface area contributed by atoms with E-state index in [0.29, 0.717) is 17.9 Å². The van der Waals surface area contributed by atoms with Crippen molar-refractivity contribution in [2.75, 3.05) is 17.2 Å². The number of aromatic carboxylic acids is 1. The largest absolute Gasteiger partial charge is 0.508 e. The molecule has 3 heterocycles. The topological polar surface area (TPSA) is 117 Å². The number of phenols is 1. The number of hydrogen-bond acceptors (Lipinski definition) is 6. The van der Waals surface area contributed by atoms with Gasteiger partial charge in [-0.2, -0.15) is 0 Å². The minimum Gasteiger partial charge on any atom is -0.508 e. The zero-order valence-corrected chi connectivity index (χ0v) is 13.6. The van der Waals surface area contributed by atoms with Crippen LogP contribution in [0.15, 0.2) is 30.5 Å². The van der Waals surface area contributed by atoms with Crippen LogP contribution in [-0.2, 0) is 0 Å². The summed E-state index contributed by atoms with van der Waals surface area (Å²) in [5, 5.41) is 23.4. The van der Waals surface area contributed by atoms with Crippen LogP contribution in [0.25, 0.3) is 5.65 Å². The van der Waals surface area contributed by atoms with Crippen LogP contribution in [0.2, 0.25) is 0 Å². The zero-order chi connectivity index (χ0) is 18.4. The number of rotatable bonds is 3. The van der Waals surface area contributed by atoms with Gasteiger partial charge < -0.3 is 20.8 Å². The van der Waals surface area contributed by atoms with E-state index in [4.69, 9.17) is 5.73 Å². The number of aromatic hydroxyl groups is 1. The van der Waals surface area contributed by atoms with Crippen molar-refractivity contribution in [1.29, 1.82) is 0 Å². The van der Waals surface area contributed by atoms with E-state index in [9.17, 15) is 19.4 Å². The van der Waals surface area contributed by atoms with Crippen LogP contribution in [0, 0.1) is 5.82 Å². The number of nitrogens with zero attached hydrogens (tertiary/aromatic N) is 4. The average Bonchev–Trinajstić information content (AvgIpc) is 3.19. The van der Waals surface area contributed by atoms with Gasteiger partial charge in [0.25, 0.3) is 0 Å². The van der Waals surface area contributed by atoms with Gasteiger partial charge in [-0.3, -0.25) is 0 Å². The molecule has 0 saturated carbocycles. The van der Waals surface area contributed by atoms with Crippen molar-refractivity contribution in [3.05, 3.63) is 47.4 Å². The average molecular weight is 357 g/mol. The van der Waals surface area contributed by atoms with Crippen LogP contribution in [0.5, 0.6) is 5.75 Å². The Morgan fingerprint density at radius 3 is 2.92 bits per heavy atom. The van der Waals surface area contributed by atoms with Gasteiger partial charge >= 0.3 is 5.97 Å². The normalized spacial score (nSPS) is 17.1. The van der Waals surface area contributed by atoms with E-state index >= 15 is 0 Å². The minimum atomic E-state index is -1.21. The van der Waals surface area contributed by atoms with Gasteiger partial charge in [-0.25, -0.2) is 18.7 Å². The van der Waals surface area contributed by atoms with Gasteiger partial charge in [0.05, 0.1) is 6.04 Å². The molecular weight excluding hydrogens is 341 g/mol. The molecule has 0 bridgehead atoms. The highest BCUT2D eigenvalue weighted by molar-refractivity contribution is 5.99. The molecule has 1 fully saturated rings. The number of aromatic nitrogens is 3. The van der Waals surface area contributed by atoms with Crippen molar-refractivity contribution < 1.29 is 19.4 Å². The highest BCUT2D eigenvalue weighted by Gasteiger charge is 2.30.